The summed E-state index contributed by atoms with van der Waals surface area (Å²) >= 11 is 3.07. The molecule has 154 valence electrons. The first-order chi connectivity index (χ1) is 14.7. The zero-order chi connectivity index (χ0) is 20.5. The van der Waals surface area contributed by atoms with Crippen molar-refractivity contribution in [3.05, 3.63) is 53.3 Å². The monoisotopic (exact) mass is 441 g/mol. The lowest BCUT2D eigenvalue weighted by atomic mass is 10.2. The van der Waals surface area contributed by atoms with E-state index >= 15 is 0 Å². The fourth-order valence-electron chi connectivity index (χ4n) is 3.61. The van der Waals surface area contributed by atoms with Gasteiger partial charge in [-0.2, -0.15) is 0 Å². The molecule has 0 atom stereocenters. The Bertz CT molecular complexity index is 1200. The third kappa shape index (κ3) is 4.00. The van der Waals surface area contributed by atoms with Gasteiger partial charge in [-0.05, 0) is 36.4 Å². The minimum atomic E-state index is -0.225. The highest BCUT2D eigenvalue weighted by atomic mass is 32.1. The predicted octanol–water partition coefficient (Wildman–Crippen LogP) is 3.60. The Labute approximate surface area is 181 Å². The van der Waals surface area contributed by atoms with Crippen molar-refractivity contribution in [3.63, 3.8) is 0 Å². The molecule has 1 aliphatic heterocycles. The van der Waals surface area contributed by atoms with Gasteiger partial charge in [0, 0.05) is 44.8 Å². The maximum atomic E-state index is 13.4. The summed E-state index contributed by atoms with van der Waals surface area (Å²) in [5.74, 6) is -0.276. The number of aromatic nitrogens is 2. The van der Waals surface area contributed by atoms with Crippen LogP contribution in [0.25, 0.3) is 20.4 Å². The van der Waals surface area contributed by atoms with Gasteiger partial charge in [0.2, 0.25) is 0 Å². The fraction of sp³-hybridized carbons (Fsp3) is 0.286. The summed E-state index contributed by atoms with van der Waals surface area (Å²) in [6.45, 7) is 4.99. The molecule has 3 heterocycles. The van der Waals surface area contributed by atoms with Gasteiger partial charge >= 0.3 is 0 Å². The van der Waals surface area contributed by atoms with Gasteiger partial charge in [-0.15, -0.1) is 11.3 Å². The van der Waals surface area contributed by atoms with Crippen LogP contribution in [0.5, 0.6) is 0 Å². The standard InChI is InChI=1S/C21H20FN5OS2/c22-15-2-4-17-19(12-15)30-21(25-17)27-9-7-26(8-10-27)6-5-23-20(28)14-1-3-16-18(11-14)29-13-24-16/h1-4,11-13H,5-10H2,(H,23,28). The molecule has 5 rings (SSSR count). The number of fused-ring (bicyclic) bond motifs is 2. The van der Waals surface area contributed by atoms with E-state index in [4.69, 9.17) is 0 Å². The second kappa shape index (κ2) is 8.25. The van der Waals surface area contributed by atoms with Crippen LogP contribution in [-0.2, 0) is 0 Å². The zero-order valence-corrected chi connectivity index (χ0v) is 17.8. The lowest BCUT2D eigenvalue weighted by Crippen LogP contribution is -2.48. The second-order valence-electron chi connectivity index (χ2n) is 7.23. The molecule has 2 aromatic carbocycles. The van der Waals surface area contributed by atoms with Gasteiger partial charge < -0.3 is 10.2 Å². The number of halogens is 1. The summed E-state index contributed by atoms with van der Waals surface area (Å²) in [7, 11) is 0. The van der Waals surface area contributed by atoms with E-state index in [1.807, 2.05) is 18.2 Å². The van der Waals surface area contributed by atoms with Gasteiger partial charge in [0.15, 0.2) is 5.13 Å². The van der Waals surface area contributed by atoms with Gasteiger partial charge in [-0.1, -0.05) is 11.3 Å². The Balaban J connectivity index is 1.11. The lowest BCUT2D eigenvalue weighted by Gasteiger charge is -2.34. The Morgan fingerprint density at radius 2 is 1.90 bits per heavy atom. The van der Waals surface area contributed by atoms with Crippen LogP contribution < -0.4 is 10.2 Å². The quantitative estimate of drug-likeness (QED) is 0.513. The van der Waals surface area contributed by atoms with E-state index in [-0.39, 0.29) is 11.7 Å². The maximum absolute atomic E-state index is 13.4. The van der Waals surface area contributed by atoms with Crippen LogP contribution in [-0.4, -0.2) is 60.0 Å². The summed E-state index contributed by atoms with van der Waals surface area (Å²) in [6, 6.07) is 10.3. The number of anilines is 1. The number of nitrogens with zero attached hydrogens (tertiary/aromatic N) is 4. The van der Waals surface area contributed by atoms with Crippen LogP contribution in [0.4, 0.5) is 9.52 Å². The SMILES string of the molecule is O=C(NCCN1CCN(c2nc3ccc(F)cc3s2)CC1)c1ccc2ncsc2c1. The van der Waals surface area contributed by atoms with Crippen molar-refractivity contribution in [2.75, 3.05) is 44.2 Å². The van der Waals surface area contributed by atoms with E-state index < -0.39 is 0 Å². The van der Waals surface area contributed by atoms with Gasteiger partial charge in [0.1, 0.15) is 5.82 Å². The van der Waals surface area contributed by atoms with Crippen LogP contribution >= 0.6 is 22.7 Å². The van der Waals surface area contributed by atoms with E-state index in [1.165, 1.54) is 28.7 Å². The fourth-order valence-corrected chi connectivity index (χ4v) is 5.37. The molecule has 1 aliphatic rings. The number of hydrogen-bond acceptors (Lipinski definition) is 7. The molecule has 6 nitrogen and oxygen atoms in total. The molecule has 1 amide bonds. The third-order valence-corrected chi connectivity index (χ3v) is 7.16. The number of nitrogens with one attached hydrogen (secondary N) is 1. The molecule has 1 fully saturated rings. The normalized spacial score (nSPS) is 15.2. The Hall–Kier alpha value is -2.62. The number of benzene rings is 2. The number of amides is 1. The molecule has 0 bridgehead atoms. The average Bonchev–Trinajstić information content (AvgIpc) is 3.40. The first-order valence-corrected chi connectivity index (χ1v) is 11.5. The predicted molar refractivity (Wildman–Crippen MR) is 120 cm³/mol. The maximum Gasteiger partial charge on any atom is 0.251 e. The van der Waals surface area contributed by atoms with Crippen molar-refractivity contribution in [1.29, 1.82) is 0 Å². The largest absolute Gasteiger partial charge is 0.351 e. The molecule has 0 aliphatic carbocycles. The highest BCUT2D eigenvalue weighted by Crippen LogP contribution is 2.29. The zero-order valence-electron chi connectivity index (χ0n) is 16.2. The first-order valence-electron chi connectivity index (χ1n) is 9.80. The summed E-state index contributed by atoms with van der Waals surface area (Å²) in [5, 5.41) is 3.96. The minimum Gasteiger partial charge on any atom is -0.351 e. The van der Waals surface area contributed by atoms with Crippen LogP contribution in [0.15, 0.2) is 41.9 Å². The topological polar surface area (TPSA) is 61.4 Å². The molecule has 2 aromatic heterocycles. The molecule has 0 saturated carbocycles. The number of piperazine rings is 1. The molecule has 0 radical (unpaired) electrons. The number of carbonyl (C=O) groups excluding carboxylic acids is 1. The summed E-state index contributed by atoms with van der Waals surface area (Å²) in [4.78, 5) is 25.9. The molecule has 30 heavy (non-hydrogen) atoms. The van der Waals surface area contributed by atoms with Crippen LogP contribution in [0.1, 0.15) is 10.4 Å². The number of rotatable bonds is 5. The second-order valence-corrected chi connectivity index (χ2v) is 9.12. The molecule has 1 N–H and O–H groups in total. The van der Waals surface area contributed by atoms with Crippen LogP contribution in [0.2, 0.25) is 0 Å². The molecule has 1 saturated heterocycles. The Kier molecular flexibility index (Phi) is 5.32. The summed E-state index contributed by atoms with van der Waals surface area (Å²) in [6.07, 6.45) is 0. The van der Waals surface area contributed by atoms with Gasteiger partial charge in [0.25, 0.3) is 5.91 Å². The number of carbonyl (C=O) groups is 1. The Morgan fingerprint density at radius 3 is 2.77 bits per heavy atom. The first kappa shape index (κ1) is 19.3. The van der Waals surface area contributed by atoms with Crippen molar-refractivity contribution in [3.8, 4) is 0 Å². The smallest absolute Gasteiger partial charge is 0.251 e. The van der Waals surface area contributed by atoms with E-state index in [9.17, 15) is 9.18 Å². The van der Waals surface area contributed by atoms with Crippen molar-refractivity contribution in [2.45, 2.75) is 0 Å². The van der Waals surface area contributed by atoms with Crippen molar-refractivity contribution >= 4 is 54.1 Å². The Morgan fingerprint density at radius 1 is 1.07 bits per heavy atom. The molecular formula is C21H20FN5OS2. The summed E-state index contributed by atoms with van der Waals surface area (Å²) < 4.78 is 15.3. The average molecular weight is 442 g/mol. The van der Waals surface area contributed by atoms with Crippen molar-refractivity contribution < 1.29 is 9.18 Å². The van der Waals surface area contributed by atoms with Crippen LogP contribution in [0.3, 0.4) is 0 Å². The van der Waals surface area contributed by atoms with Crippen molar-refractivity contribution in [1.82, 2.24) is 20.2 Å². The van der Waals surface area contributed by atoms with Gasteiger partial charge in [-0.3, -0.25) is 9.69 Å². The number of hydrogen-bond donors (Lipinski definition) is 1. The molecular weight excluding hydrogens is 421 g/mol. The molecule has 0 unspecified atom stereocenters. The van der Waals surface area contributed by atoms with E-state index in [2.05, 4.69) is 25.1 Å². The van der Waals surface area contributed by atoms with Crippen LogP contribution in [0, 0.1) is 5.82 Å². The molecule has 4 aromatic rings. The van der Waals surface area contributed by atoms with E-state index in [0.29, 0.717) is 12.1 Å². The van der Waals surface area contributed by atoms with E-state index in [1.54, 1.807) is 17.6 Å². The summed E-state index contributed by atoms with van der Waals surface area (Å²) in [5.41, 5.74) is 4.23. The number of thiazole rings is 2. The molecule has 0 spiro atoms. The highest BCUT2D eigenvalue weighted by Gasteiger charge is 2.20. The van der Waals surface area contributed by atoms with Gasteiger partial charge in [-0.25, -0.2) is 14.4 Å². The van der Waals surface area contributed by atoms with E-state index in [0.717, 1.165) is 58.3 Å². The molecule has 9 heteroatoms. The van der Waals surface area contributed by atoms with Gasteiger partial charge in [0.05, 0.1) is 25.9 Å². The highest BCUT2D eigenvalue weighted by molar-refractivity contribution is 7.22. The minimum absolute atomic E-state index is 0.0503. The third-order valence-electron chi connectivity index (χ3n) is 5.29. The lowest BCUT2D eigenvalue weighted by molar-refractivity contribution is 0.0948. The van der Waals surface area contributed by atoms with Crippen molar-refractivity contribution in [2.24, 2.45) is 0 Å².